The lowest BCUT2D eigenvalue weighted by Gasteiger charge is -2.01. The van der Waals surface area contributed by atoms with Crippen molar-refractivity contribution in [2.24, 2.45) is 0 Å². The Morgan fingerprint density at radius 2 is 2.31 bits per heavy atom. The lowest BCUT2D eigenvalue weighted by molar-refractivity contribution is 0.0986. The van der Waals surface area contributed by atoms with E-state index in [2.05, 4.69) is 15.5 Å². The maximum absolute atomic E-state index is 11.7. The van der Waals surface area contributed by atoms with Crippen LogP contribution in [0.2, 0.25) is 5.15 Å². The molecule has 2 aromatic rings. The standard InChI is InChI=1S/C10H8ClN3O2/c1-6-5-12-16-9(6)10(15)14-8-4-2-3-7(11)13-8/h2-5H,1H3,(H,13,14,15). The molecule has 0 aliphatic rings. The van der Waals surface area contributed by atoms with Crippen LogP contribution in [0.1, 0.15) is 16.1 Å². The van der Waals surface area contributed by atoms with Gasteiger partial charge in [0.15, 0.2) is 0 Å². The third-order valence-electron chi connectivity index (χ3n) is 1.91. The van der Waals surface area contributed by atoms with Crippen LogP contribution in [0.4, 0.5) is 5.82 Å². The van der Waals surface area contributed by atoms with E-state index in [1.165, 1.54) is 6.20 Å². The molecule has 0 bridgehead atoms. The number of halogens is 1. The van der Waals surface area contributed by atoms with Crippen molar-refractivity contribution in [3.63, 3.8) is 0 Å². The summed E-state index contributed by atoms with van der Waals surface area (Å²) < 4.78 is 4.81. The number of aromatic nitrogens is 2. The fourth-order valence-corrected chi connectivity index (χ4v) is 1.32. The molecule has 6 heteroatoms. The minimum absolute atomic E-state index is 0.168. The zero-order valence-corrected chi connectivity index (χ0v) is 9.15. The van der Waals surface area contributed by atoms with E-state index in [4.69, 9.17) is 16.1 Å². The Morgan fingerprint density at radius 1 is 1.50 bits per heavy atom. The minimum atomic E-state index is -0.398. The van der Waals surface area contributed by atoms with Crippen LogP contribution in [0.25, 0.3) is 0 Å². The fourth-order valence-electron chi connectivity index (χ4n) is 1.16. The summed E-state index contributed by atoms with van der Waals surface area (Å²) in [4.78, 5) is 15.6. The van der Waals surface area contributed by atoms with Gasteiger partial charge in [0.1, 0.15) is 11.0 Å². The van der Waals surface area contributed by atoms with Crippen LogP contribution < -0.4 is 5.32 Å². The average Bonchev–Trinajstić information content (AvgIpc) is 2.64. The predicted octanol–water partition coefficient (Wildman–Crippen LogP) is 2.28. The second kappa shape index (κ2) is 4.32. The molecule has 0 unspecified atom stereocenters. The van der Waals surface area contributed by atoms with E-state index in [-0.39, 0.29) is 5.76 Å². The largest absolute Gasteiger partial charge is 0.351 e. The molecule has 1 amide bonds. The fraction of sp³-hybridized carbons (Fsp3) is 0.100. The molecule has 0 radical (unpaired) electrons. The molecule has 0 aliphatic carbocycles. The Morgan fingerprint density at radius 3 is 2.94 bits per heavy atom. The first kappa shape index (κ1) is 10.6. The molecule has 5 nitrogen and oxygen atoms in total. The van der Waals surface area contributed by atoms with Gasteiger partial charge in [0, 0.05) is 5.56 Å². The molecule has 0 atom stereocenters. The van der Waals surface area contributed by atoms with Gasteiger partial charge in [-0.2, -0.15) is 0 Å². The molecule has 16 heavy (non-hydrogen) atoms. The number of aryl methyl sites for hydroxylation is 1. The van der Waals surface area contributed by atoms with Crippen molar-refractivity contribution in [3.05, 3.63) is 40.9 Å². The molecule has 0 aromatic carbocycles. The van der Waals surface area contributed by atoms with Gasteiger partial charge in [0.05, 0.1) is 6.20 Å². The van der Waals surface area contributed by atoms with Crippen LogP contribution in [-0.4, -0.2) is 16.0 Å². The van der Waals surface area contributed by atoms with Crippen molar-refractivity contribution < 1.29 is 9.32 Å². The Balaban J connectivity index is 2.17. The normalized spacial score (nSPS) is 10.1. The van der Waals surface area contributed by atoms with E-state index in [0.29, 0.717) is 16.5 Å². The number of anilines is 1. The highest BCUT2D eigenvalue weighted by Crippen LogP contribution is 2.12. The summed E-state index contributed by atoms with van der Waals surface area (Å²) in [6.07, 6.45) is 1.47. The quantitative estimate of drug-likeness (QED) is 0.814. The van der Waals surface area contributed by atoms with Crippen molar-refractivity contribution in [1.29, 1.82) is 0 Å². The van der Waals surface area contributed by atoms with Gasteiger partial charge in [-0.05, 0) is 19.1 Å². The number of carbonyl (C=O) groups is 1. The van der Waals surface area contributed by atoms with Crippen LogP contribution in [0.3, 0.4) is 0 Å². The minimum Gasteiger partial charge on any atom is -0.351 e. The van der Waals surface area contributed by atoms with E-state index in [0.717, 1.165) is 0 Å². The van der Waals surface area contributed by atoms with Crippen molar-refractivity contribution in [2.75, 3.05) is 5.32 Å². The van der Waals surface area contributed by atoms with Gasteiger partial charge in [-0.1, -0.05) is 22.8 Å². The summed E-state index contributed by atoms with van der Waals surface area (Å²) in [5.74, 6) is 0.139. The van der Waals surface area contributed by atoms with Gasteiger partial charge in [-0.15, -0.1) is 0 Å². The summed E-state index contributed by atoms with van der Waals surface area (Å²) in [7, 11) is 0. The Hall–Kier alpha value is -1.88. The third kappa shape index (κ3) is 2.20. The van der Waals surface area contributed by atoms with Crippen LogP contribution in [0.5, 0.6) is 0 Å². The van der Waals surface area contributed by atoms with E-state index >= 15 is 0 Å². The molecule has 2 rings (SSSR count). The molecule has 0 saturated carbocycles. The van der Waals surface area contributed by atoms with Gasteiger partial charge in [-0.25, -0.2) is 4.98 Å². The summed E-state index contributed by atoms with van der Waals surface area (Å²) in [5, 5.41) is 6.39. The summed E-state index contributed by atoms with van der Waals surface area (Å²) >= 11 is 5.69. The van der Waals surface area contributed by atoms with Crippen molar-refractivity contribution in [3.8, 4) is 0 Å². The van der Waals surface area contributed by atoms with Crippen LogP contribution >= 0.6 is 11.6 Å². The maximum atomic E-state index is 11.7. The monoisotopic (exact) mass is 237 g/mol. The molecular formula is C10H8ClN3O2. The summed E-state index contributed by atoms with van der Waals surface area (Å²) in [6.45, 7) is 1.73. The summed E-state index contributed by atoms with van der Waals surface area (Å²) in [5.41, 5.74) is 0.666. The number of hydrogen-bond donors (Lipinski definition) is 1. The lowest BCUT2D eigenvalue weighted by atomic mass is 10.3. The molecule has 0 saturated heterocycles. The SMILES string of the molecule is Cc1cnoc1C(=O)Nc1cccc(Cl)n1. The lowest BCUT2D eigenvalue weighted by Crippen LogP contribution is -2.13. The van der Waals surface area contributed by atoms with Crippen molar-refractivity contribution in [2.45, 2.75) is 6.92 Å². The van der Waals surface area contributed by atoms with Gasteiger partial charge >= 0.3 is 0 Å². The number of carbonyl (C=O) groups excluding carboxylic acids is 1. The predicted molar refractivity (Wildman–Crippen MR) is 58.4 cm³/mol. The Labute approximate surface area is 96.4 Å². The summed E-state index contributed by atoms with van der Waals surface area (Å²) in [6, 6.07) is 4.95. The topological polar surface area (TPSA) is 68.0 Å². The highest BCUT2D eigenvalue weighted by molar-refractivity contribution is 6.29. The highest BCUT2D eigenvalue weighted by Gasteiger charge is 2.14. The maximum Gasteiger partial charge on any atom is 0.295 e. The number of amides is 1. The third-order valence-corrected chi connectivity index (χ3v) is 2.12. The van der Waals surface area contributed by atoms with Crippen LogP contribution in [0.15, 0.2) is 28.9 Å². The number of hydrogen-bond acceptors (Lipinski definition) is 4. The van der Waals surface area contributed by atoms with Gasteiger partial charge in [0.2, 0.25) is 5.76 Å². The average molecular weight is 238 g/mol. The van der Waals surface area contributed by atoms with E-state index in [1.54, 1.807) is 25.1 Å². The zero-order valence-electron chi connectivity index (χ0n) is 8.40. The highest BCUT2D eigenvalue weighted by atomic mass is 35.5. The number of rotatable bonds is 2. The first-order valence-corrected chi connectivity index (χ1v) is 4.90. The Bertz CT molecular complexity index is 524. The van der Waals surface area contributed by atoms with Gasteiger partial charge < -0.3 is 9.84 Å². The molecule has 1 N–H and O–H groups in total. The van der Waals surface area contributed by atoms with E-state index in [9.17, 15) is 4.79 Å². The molecule has 0 spiro atoms. The number of pyridine rings is 1. The zero-order chi connectivity index (χ0) is 11.5. The first-order valence-electron chi connectivity index (χ1n) is 4.52. The molecule has 0 aliphatic heterocycles. The van der Waals surface area contributed by atoms with Gasteiger partial charge in [0.25, 0.3) is 5.91 Å². The van der Waals surface area contributed by atoms with Gasteiger partial charge in [-0.3, -0.25) is 4.79 Å². The molecule has 0 fully saturated rings. The number of nitrogens with one attached hydrogen (secondary N) is 1. The van der Waals surface area contributed by atoms with Crippen LogP contribution in [-0.2, 0) is 0 Å². The second-order valence-electron chi connectivity index (χ2n) is 3.14. The first-order chi connectivity index (χ1) is 7.66. The molecule has 2 aromatic heterocycles. The molecule has 2 heterocycles. The van der Waals surface area contributed by atoms with Crippen LogP contribution in [0, 0.1) is 6.92 Å². The van der Waals surface area contributed by atoms with E-state index < -0.39 is 5.91 Å². The second-order valence-corrected chi connectivity index (χ2v) is 3.52. The smallest absolute Gasteiger partial charge is 0.295 e. The van der Waals surface area contributed by atoms with Crippen molar-refractivity contribution in [1.82, 2.24) is 10.1 Å². The number of nitrogens with zero attached hydrogens (tertiary/aromatic N) is 2. The molecular weight excluding hydrogens is 230 g/mol. The molecule has 82 valence electrons. The van der Waals surface area contributed by atoms with Crippen molar-refractivity contribution >= 4 is 23.3 Å². The van der Waals surface area contributed by atoms with E-state index in [1.807, 2.05) is 0 Å². The Kier molecular flexibility index (Phi) is 2.87.